The maximum atomic E-state index is 11.3. The lowest BCUT2D eigenvalue weighted by Crippen LogP contribution is -2.44. The Kier molecular flexibility index (Phi) is 8.36. The Morgan fingerprint density at radius 2 is 2.05 bits per heavy atom. The van der Waals surface area contributed by atoms with Crippen LogP contribution in [0.3, 0.4) is 0 Å². The molecule has 7 nitrogen and oxygen atoms in total. The minimum atomic E-state index is -4.15. The van der Waals surface area contributed by atoms with E-state index in [4.69, 9.17) is 4.52 Å². The van der Waals surface area contributed by atoms with Crippen LogP contribution in [0.4, 0.5) is 0 Å². The molecule has 0 aliphatic rings. The van der Waals surface area contributed by atoms with E-state index in [-0.39, 0.29) is 17.9 Å². The average Bonchev–Trinajstić information content (AvgIpc) is 2.40. The van der Waals surface area contributed by atoms with Gasteiger partial charge < -0.3 is 15.3 Å². The molecule has 0 spiro atoms. The first-order chi connectivity index (χ1) is 9.53. The zero-order valence-corrected chi connectivity index (χ0v) is 14.1. The lowest BCUT2D eigenvalue weighted by atomic mass is 9.89. The molecule has 0 aliphatic carbocycles. The molecule has 0 aromatic heterocycles. The molecule has 0 aliphatic heterocycles. The quantitative estimate of drug-likeness (QED) is 0.440. The molecule has 0 saturated carbocycles. The predicted molar refractivity (Wildman–Crippen MR) is 79.6 cm³/mol. The van der Waals surface area contributed by atoms with Gasteiger partial charge in [0.05, 0.1) is 18.8 Å². The van der Waals surface area contributed by atoms with E-state index < -0.39 is 20.0 Å². The largest absolute Gasteiger partial charge is 0.471 e. The highest BCUT2D eigenvalue weighted by Gasteiger charge is 2.25. The number of nitrogens with one attached hydrogen (secondary N) is 1. The molecular formula is C13H26NO6P. The van der Waals surface area contributed by atoms with Crippen LogP contribution < -0.4 is 5.32 Å². The van der Waals surface area contributed by atoms with Gasteiger partial charge in [-0.05, 0) is 11.8 Å². The third-order valence-electron chi connectivity index (χ3n) is 3.10. The molecule has 8 heteroatoms. The number of allylic oxidation sites excluding steroid dienone is 1. The zero-order chi connectivity index (χ0) is 16.7. The number of aliphatic hydroxyl groups is 1. The second-order valence-electron chi connectivity index (χ2n) is 5.45. The minimum Gasteiger partial charge on any atom is -0.387 e. The topological polar surface area (TPSA) is 105 Å². The molecule has 1 amide bonds. The first kappa shape index (κ1) is 20.3. The Morgan fingerprint density at radius 3 is 2.48 bits per heavy atom. The summed E-state index contributed by atoms with van der Waals surface area (Å²) in [5, 5.41) is 12.6. The first-order valence-corrected chi connectivity index (χ1v) is 8.20. The summed E-state index contributed by atoms with van der Waals surface area (Å²) in [7, 11) is -3.12. The summed E-state index contributed by atoms with van der Waals surface area (Å²) in [5.74, 6) is -0.379. The highest BCUT2D eigenvalue weighted by Crippen LogP contribution is 2.42. The number of phosphoric ester groups is 1. The Bertz CT molecular complexity index is 409. The summed E-state index contributed by atoms with van der Waals surface area (Å²) in [5.41, 5.74) is -0.0958. The molecule has 3 unspecified atom stereocenters. The van der Waals surface area contributed by atoms with E-state index in [1.54, 1.807) is 6.08 Å². The third-order valence-corrected chi connectivity index (χ3v) is 4.04. The molecular weight excluding hydrogens is 297 g/mol. The number of rotatable bonds is 9. The van der Waals surface area contributed by atoms with Crippen LogP contribution in [0.5, 0.6) is 0 Å². The van der Waals surface area contributed by atoms with Gasteiger partial charge in [-0.2, -0.15) is 0 Å². The van der Waals surface area contributed by atoms with Gasteiger partial charge in [-0.15, -0.1) is 0 Å². The van der Waals surface area contributed by atoms with Crippen molar-refractivity contribution in [2.45, 2.75) is 46.3 Å². The average molecular weight is 323 g/mol. The molecule has 0 fully saturated rings. The Morgan fingerprint density at radius 1 is 1.48 bits per heavy atom. The van der Waals surface area contributed by atoms with Crippen molar-refractivity contribution >= 4 is 13.7 Å². The number of amides is 1. The van der Waals surface area contributed by atoms with Crippen molar-refractivity contribution in [1.29, 1.82) is 0 Å². The van der Waals surface area contributed by atoms with Crippen molar-refractivity contribution in [2.75, 3.05) is 13.7 Å². The predicted octanol–water partition coefficient (Wildman–Crippen LogP) is 1.61. The van der Waals surface area contributed by atoms with Gasteiger partial charge in [0, 0.05) is 14.0 Å². The number of phosphoric acid groups is 1. The molecule has 0 saturated heterocycles. The van der Waals surface area contributed by atoms with Gasteiger partial charge in [-0.1, -0.05) is 32.9 Å². The van der Waals surface area contributed by atoms with Crippen molar-refractivity contribution in [2.24, 2.45) is 5.41 Å². The second kappa shape index (κ2) is 8.66. The van der Waals surface area contributed by atoms with Crippen LogP contribution in [0, 0.1) is 5.41 Å². The van der Waals surface area contributed by atoms with Crippen LogP contribution in [-0.2, 0) is 18.4 Å². The smallest absolute Gasteiger partial charge is 0.387 e. The molecule has 124 valence electrons. The van der Waals surface area contributed by atoms with Crippen molar-refractivity contribution in [3.63, 3.8) is 0 Å². The molecule has 0 aromatic carbocycles. The summed E-state index contributed by atoms with van der Waals surface area (Å²) >= 11 is 0. The fourth-order valence-electron chi connectivity index (χ4n) is 1.32. The Labute approximate surface area is 126 Å². The Hall–Kier alpha value is -0.720. The summed E-state index contributed by atoms with van der Waals surface area (Å²) in [6, 6.07) is -0.845. The van der Waals surface area contributed by atoms with Crippen LogP contribution in [-0.4, -0.2) is 41.8 Å². The number of hydrogen-bond acceptors (Lipinski definition) is 5. The van der Waals surface area contributed by atoms with E-state index in [0.717, 1.165) is 13.5 Å². The van der Waals surface area contributed by atoms with Gasteiger partial charge in [0.2, 0.25) is 5.91 Å². The van der Waals surface area contributed by atoms with E-state index >= 15 is 0 Å². The number of carbonyl (C=O) groups excluding carboxylic acids is 1. The number of hydrogen-bond donors (Lipinski definition) is 3. The Balaban J connectivity index is 4.82. The van der Waals surface area contributed by atoms with Gasteiger partial charge in [-0.3, -0.25) is 13.8 Å². The molecule has 0 bridgehead atoms. The second-order valence-corrected chi connectivity index (χ2v) is 7.01. The fourth-order valence-corrected chi connectivity index (χ4v) is 1.78. The van der Waals surface area contributed by atoms with Crippen LogP contribution in [0.1, 0.15) is 34.1 Å². The molecule has 3 N–H and O–H groups in total. The van der Waals surface area contributed by atoms with Crippen molar-refractivity contribution in [1.82, 2.24) is 5.32 Å². The molecule has 21 heavy (non-hydrogen) atoms. The summed E-state index contributed by atoms with van der Waals surface area (Å²) < 4.78 is 20.2. The minimum absolute atomic E-state index is 0.0958. The van der Waals surface area contributed by atoms with Crippen LogP contribution in [0.15, 0.2) is 12.2 Å². The summed E-state index contributed by atoms with van der Waals surface area (Å²) in [6.45, 7) is 6.97. The van der Waals surface area contributed by atoms with E-state index in [0.29, 0.717) is 0 Å². The van der Waals surface area contributed by atoms with E-state index in [1.165, 1.54) is 6.92 Å². The lowest BCUT2D eigenvalue weighted by molar-refractivity contribution is -0.120. The highest BCUT2D eigenvalue weighted by atomic mass is 31.2. The number of carbonyl (C=O) groups is 1. The highest BCUT2D eigenvalue weighted by molar-refractivity contribution is 7.47. The lowest BCUT2D eigenvalue weighted by Gasteiger charge is -2.24. The molecule has 0 rings (SSSR count). The molecule has 0 heterocycles. The van der Waals surface area contributed by atoms with Gasteiger partial charge >= 0.3 is 7.82 Å². The monoisotopic (exact) mass is 323 g/mol. The van der Waals surface area contributed by atoms with Gasteiger partial charge in [0.25, 0.3) is 0 Å². The number of aliphatic hydroxyl groups excluding tert-OH is 1. The van der Waals surface area contributed by atoms with E-state index in [1.807, 2.05) is 26.8 Å². The van der Waals surface area contributed by atoms with E-state index in [2.05, 4.69) is 9.84 Å². The summed E-state index contributed by atoms with van der Waals surface area (Å²) in [6.07, 6.45) is 3.22. The van der Waals surface area contributed by atoms with Crippen molar-refractivity contribution in [3.05, 3.63) is 12.2 Å². The SMILES string of the molecule is CCC(C)(C)C=CC(O)C(COP(=O)(O)OC)NC(C)=O. The normalized spacial score (nSPS) is 18.2. The third kappa shape index (κ3) is 9.01. The molecule has 0 aromatic rings. The maximum absolute atomic E-state index is 11.3. The van der Waals surface area contributed by atoms with Gasteiger partial charge in [0.15, 0.2) is 0 Å². The standard InChI is InChI=1S/C13H26NO6P/c1-6-13(3,4)8-7-12(16)11(14-10(2)15)9-20-21(17,18)19-5/h7-8,11-12,16H,6,9H2,1-5H3,(H,14,15)(H,17,18). The van der Waals surface area contributed by atoms with Crippen molar-refractivity contribution in [3.8, 4) is 0 Å². The first-order valence-electron chi connectivity index (χ1n) is 6.70. The van der Waals surface area contributed by atoms with Crippen LogP contribution in [0.25, 0.3) is 0 Å². The fraction of sp³-hybridized carbons (Fsp3) is 0.769. The molecule has 0 radical (unpaired) electrons. The summed E-state index contributed by atoms with van der Waals surface area (Å²) in [4.78, 5) is 20.3. The maximum Gasteiger partial charge on any atom is 0.471 e. The van der Waals surface area contributed by atoms with E-state index in [9.17, 15) is 19.4 Å². The zero-order valence-electron chi connectivity index (χ0n) is 13.2. The van der Waals surface area contributed by atoms with Gasteiger partial charge in [0.1, 0.15) is 0 Å². The van der Waals surface area contributed by atoms with Gasteiger partial charge in [-0.25, -0.2) is 4.57 Å². The van der Waals surface area contributed by atoms with Crippen LogP contribution >= 0.6 is 7.82 Å². The molecule has 3 atom stereocenters. The van der Waals surface area contributed by atoms with Crippen LogP contribution in [0.2, 0.25) is 0 Å². The van der Waals surface area contributed by atoms with Crippen molar-refractivity contribution < 1.29 is 28.4 Å².